The molecule has 1 aliphatic rings. The molecule has 0 radical (unpaired) electrons. The highest BCUT2D eigenvalue weighted by Gasteiger charge is 2.56. The second-order valence-corrected chi connectivity index (χ2v) is 7.47. The van der Waals surface area contributed by atoms with Crippen LogP contribution in [-0.4, -0.2) is 55.9 Å². The van der Waals surface area contributed by atoms with Gasteiger partial charge >= 0.3 is 5.97 Å². The van der Waals surface area contributed by atoms with Crippen LogP contribution in [-0.2, 0) is 15.3 Å². The van der Waals surface area contributed by atoms with Crippen molar-refractivity contribution in [3.8, 4) is 0 Å². The summed E-state index contributed by atoms with van der Waals surface area (Å²) in [6.45, 7) is 0. The summed E-state index contributed by atoms with van der Waals surface area (Å²) < 4.78 is 5.30. The molecule has 7 nitrogen and oxygen atoms in total. The van der Waals surface area contributed by atoms with Crippen LogP contribution in [0, 0.1) is 0 Å². The number of ether oxygens (including phenoxy) is 1. The number of aliphatic carboxylic acids is 1. The van der Waals surface area contributed by atoms with Crippen molar-refractivity contribution in [1.82, 2.24) is 0 Å². The maximum absolute atomic E-state index is 11.5. The van der Waals surface area contributed by atoms with Gasteiger partial charge < -0.3 is 30.3 Å². The van der Waals surface area contributed by atoms with E-state index in [-0.39, 0.29) is 5.56 Å². The van der Waals surface area contributed by atoms with Crippen LogP contribution in [0.4, 0.5) is 0 Å². The fourth-order valence-corrected chi connectivity index (χ4v) is 4.40. The van der Waals surface area contributed by atoms with E-state index in [0.717, 1.165) is 26.9 Å². The minimum atomic E-state index is -2.52. The van der Waals surface area contributed by atoms with E-state index in [1.54, 1.807) is 12.1 Å². The zero-order valence-electron chi connectivity index (χ0n) is 15.1. The van der Waals surface area contributed by atoms with Crippen LogP contribution in [0.25, 0.3) is 32.3 Å². The summed E-state index contributed by atoms with van der Waals surface area (Å²) in [5.41, 5.74) is 0.118. The molecule has 5 N–H and O–H groups in total. The smallest absolute Gasteiger partial charge is 0.335 e. The highest BCUT2D eigenvalue weighted by Crippen LogP contribution is 2.43. The lowest BCUT2D eigenvalue weighted by atomic mass is 9.84. The molecular weight excluding hydrogens is 376 g/mol. The van der Waals surface area contributed by atoms with Gasteiger partial charge in [0, 0.05) is 5.56 Å². The third-order valence-corrected chi connectivity index (χ3v) is 5.85. The number of aliphatic hydroxyl groups is 4. The summed E-state index contributed by atoms with van der Waals surface area (Å²) in [6.07, 6.45) is -7.65. The van der Waals surface area contributed by atoms with Crippen molar-refractivity contribution in [2.45, 2.75) is 30.2 Å². The number of hydrogen-bond donors (Lipinski definition) is 5. The van der Waals surface area contributed by atoms with Crippen molar-refractivity contribution >= 4 is 38.3 Å². The first-order valence-corrected chi connectivity index (χ1v) is 9.17. The van der Waals surface area contributed by atoms with Crippen LogP contribution in [0.1, 0.15) is 5.56 Å². The van der Waals surface area contributed by atoms with Gasteiger partial charge in [-0.05, 0) is 32.3 Å². The number of hydrogen-bond acceptors (Lipinski definition) is 6. The van der Waals surface area contributed by atoms with Crippen molar-refractivity contribution in [3.05, 3.63) is 60.2 Å². The minimum Gasteiger partial charge on any atom is -0.479 e. The van der Waals surface area contributed by atoms with E-state index in [2.05, 4.69) is 0 Å². The molecule has 0 spiro atoms. The zero-order valence-corrected chi connectivity index (χ0v) is 15.1. The molecule has 1 unspecified atom stereocenters. The quantitative estimate of drug-likeness (QED) is 0.324. The zero-order chi connectivity index (χ0) is 20.5. The molecule has 148 valence electrons. The third kappa shape index (κ3) is 2.40. The van der Waals surface area contributed by atoms with Gasteiger partial charge in [0.2, 0.25) is 5.79 Å². The molecule has 1 aliphatic heterocycles. The highest BCUT2D eigenvalue weighted by atomic mass is 16.7. The molecule has 29 heavy (non-hydrogen) atoms. The number of rotatable bonds is 2. The van der Waals surface area contributed by atoms with Gasteiger partial charge in [-0.1, -0.05) is 54.6 Å². The summed E-state index contributed by atoms with van der Waals surface area (Å²) in [5.74, 6) is -4.08. The fourth-order valence-electron chi connectivity index (χ4n) is 4.40. The minimum absolute atomic E-state index is 0.118. The predicted octanol–water partition coefficient (Wildman–Crippen LogP) is 1.30. The Labute approximate surface area is 164 Å². The number of aliphatic hydroxyl groups excluding tert-OH is 3. The van der Waals surface area contributed by atoms with Gasteiger partial charge in [-0.3, -0.25) is 0 Å². The molecule has 0 saturated carbocycles. The second kappa shape index (κ2) is 6.09. The first-order valence-electron chi connectivity index (χ1n) is 9.17. The summed E-state index contributed by atoms with van der Waals surface area (Å²) in [4.78, 5) is 11.5. The van der Waals surface area contributed by atoms with Crippen LogP contribution in [0.15, 0.2) is 54.6 Å². The van der Waals surface area contributed by atoms with E-state index < -0.39 is 36.2 Å². The van der Waals surface area contributed by atoms with Gasteiger partial charge in [0.15, 0.2) is 6.10 Å². The van der Waals surface area contributed by atoms with Crippen molar-refractivity contribution in [1.29, 1.82) is 0 Å². The summed E-state index contributed by atoms with van der Waals surface area (Å²) in [7, 11) is 0. The van der Waals surface area contributed by atoms with Crippen molar-refractivity contribution in [2.24, 2.45) is 0 Å². The number of benzene rings is 4. The van der Waals surface area contributed by atoms with Crippen molar-refractivity contribution < 1.29 is 35.1 Å². The molecule has 0 aromatic heterocycles. The Kier molecular flexibility index (Phi) is 3.83. The first-order chi connectivity index (χ1) is 13.8. The van der Waals surface area contributed by atoms with Gasteiger partial charge in [0.25, 0.3) is 0 Å². The Hall–Kier alpha value is -2.81. The van der Waals surface area contributed by atoms with Gasteiger partial charge in [-0.25, -0.2) is 4.79 Å². The van der Waals surface area contributed by atoms with Crippen LogP contribution in [0.3, 0.4) is 0 Å². The monoisotopic (exact) mass is 394 g/mol. The van der Waals surface area contributed by atoms with E-state index in [0.29, 0.717) is 5.39 Å². The molecule has 0 aliphatic carbocycles. The number of carboxylic acid groups (broad SMARTS) is 1. The summed E-state index contributed by atoms with van der Waals surface area (Å²) >= 11 is 0. The number of carboxylic acids is 1. The Morgan fingerprint density at radius 3 is 2.07 bits per heavy atom. The SMILES string of the molecule is O=C(O)[C@H]1OC(O)(c2ccc3ccc4cccc5ccc2c3c45)[C@H](O)[C@@H](O)[C@@H]1O. The Morgan fingerprint density at radius 1 is 0.828 bits per heavy atom. The van der Waals surface area contributed by atoms with Gasteiger partial charge in [-0.15, -0.1) is 0 Å². The van der Waals surface area contributed by atoms with Gasteiger partial charge in [0.1, 0.15) is 18.3 Å². The lowest BCUT2D eigenvalue weighted by molar-refractivity contribution is -0.349. The third-order valence-electron chi connectivity index (χ3n) is 5.85. The van der Waals surface area contributed by atoms with Crippen LogP contribution in [0.5, 0.6) is 0 Å². The average Bonchev–Trinajstić information content (AvgIpc) is 2.73. The highest BCUT2D eigenvalue weighted by molar-refractivity contribution is 6.23. The lowest BCUT2D eigenvalue weighted by Crippen LogP contribution is -2.64. The molecule has 0 amide bonds. The second-order valence-electron chi connectivity index (χ2n) is 7.47. The molecule has 1 saturated heterocycles. The molecule has 5 atom stereocenters. The van der Waals surface area contributed by atoms with Crippen LogP contribution in [0.2, 0.25) is 0 Å². The Morgan fingerprint density at radius 2 is 1.41 bits per heavy atom. The summed E-state index contributed by atoms with van der Waals surface area (Å²) in [6, 6.07) is 16.7. The topological polar surface area (TPSA) is 127 Å². The normalized spacial score (nSPS) is 30.3. The average molecular weight is 394 g/mol. The molecule has 1 heterocycles. The molecular formula is C22H18O7. The van der Waals surface area contributed by atoms with E-state index in [9.17, 15) is 30.3 Å². The van der Waals surface area contributed by atoms with E-state index >= 15 is 0 Å². The van der Waals surface area contributed by atoms with Gasteiger partial charge in [0.05, 0.1) is 0 Å². The van der Waals surface area contributed by atoms with E-state index in [4.69, 9.17) is 4.74 Å². The fraction of sp³-hybridized carbons (Fsp3) is 0.227. The van der Waals surface area contributed by atoms with Gasteiger partial charge in [-0.2, -0.15) is 0 Å². The Balaban J connectivity index is 1.81. The molecule has 4 aromatic rings. The van der Waals surface area contributed by atoms with Crippen molar-refractivity contribution in [2.75, 3.05) is 0 Å². The lowest BCUT2D eigenvalue weighted by Gasteiger charge is -2.45. The molecule has 4 aromatic carbocycles. The van der Waals surface area contributed by atoms with E-state index in [1.807, 2.05) is 36.4 Å². The van der Waals surface area contributed by atoms with Crippen LogP contribution >= 0.6 is 0 Å². The molecule has 0 bridgehead atoms. The maximum Gasteiger partial charge on any atom is 0.335 e. The molecule has 5 rings (SSSR count). The first kappa shape index (κ1) is 18.2. The standard InChI is InChI=1S/C22H18O7/c23-17-18(24)20(25)22(28,29-19(17)21(26)27)14-9-7-12-5-4-10-2-1-3-11-6-8-13(14)16(12)15(10)11/h1-9,17-20,23-25,28H,(H,26,27)/t17-,18-,19-,20+,22?/m0/s1. The van der Waals surface area contributed by atoms with E-state index in [1.165, 1.54) is 6.07 Å². The number of carbonyl (C=O) groups is 1. The predicted molar refractivity (Wildman–Crippen MR) is 105 cm³/mol. The maximum atomic E-state index is 11.5. The Bertz CT molecular complexity index is 1240. The van der Waals surface area contributed by atoms with Crippen molar-refractivity contribution in [3.63, 3.8) is 0 Å². The molecule has 1 fully saturated rings. The molecule has 7 heteroatoms. The largest absolute Gasteiger partial charge is 0.479 e. The summed E-state index contributed by atoms with van der Waals surface area (Å²) in [5, 5.41) is 56.5. The van der Waals surface area contributed by atoms with Crippen LogP contribution < -0.4 is 0 Å².